The number of carbonyl (C=O) groups excluding carboxylic acids is 1. The van der Waals surface area contributed by atoms with Crippen LogP contribution in [0, 0.1) is 5.92 Å². The van der Waals surface area contributed by atoms with E-state index in [0.717, 1.165) is 41.1 Å². The number of fused-ring (bicyclic) bond motifs is 2. The molecule has 5 N–H and O–H groups in total. The van der Waals surface area contributed by atoms with Crippen LogP contribution in [0.15, 0.2) is 30.1 Å². The minimum Gasteiger partial charge on any atom is -0.493 e. The summed E-state index contributed by atoms with van der Waals surface area (Å²) in [7, 11) is 0. The second kappa shape index (κ2) is 9.57. The second-order valence-electron chi connectivity index (χ2n) is 10.3. The molecule has 2 fully saturated rings. The van der Waals surface area contributed by atoms with E-state index in [0.29, 0.717) is 42.4 Å². The van der Waals surface area contributed by atoms with Gasteiger partial charge in [-0.25, -0.2) is 4.79 Å². The molecule has 6 rings (SSSR count). The van der Waals surface area contributed by atoms with E-state index in [1.807, 2.05) is 31.3 Å². The van der Waals surface area contributed by atoms with Gasteiger partial charge in [-0.05, 0) is 69.6 Å². The third-order valence-corrected chi connectivity index (χ3v) is 7.69. The summed E-state index contributed by atoms with van der Waals surface area (Å²) in [4.78, 5) is 27.7. The quantitative estimate of drug-likeness (QED) is 0.385. The number of aromatic amines is 1. The standard InChI is InChI=1S/C27H32N4O6/c1-14-21(26(32)30-16-4-6-17(7-5-16)31-27(33)34)23-18(10-11-28-23)24(29-14)22-19(35-12-15-2-3-15)8-9-20-25(22)37-13-36-20/h8-11,15-17,24,28-29,31H,2-7,12-13H2,1H3,(H,30,32)(H,33,34). The predicted molar refractivity (Wildman–Crippen MR) is 134 cm³/mol. The Hall–Kier alpha value is -3.82. The van der Waals surface area contributed by atoms with Gasteiger partial charge >= 0.3 is 6.09 Å². The maximum atomic E-state index is 13.5. The van der Waals surface area contributed by atoms with Crippen LogP contribution in [-0.4, -0.2) is 47.6 Å². The SMILES string of the molecule is CC1=C(C(=O)NC2CCC(NC(=O)O)CC2)c2[nH]ccc2C(c2c(OCC3CC3)ccc3c2OCO3)N1. The lowest BCUT2D eigenvalue weighted by Crippen LogP contribution is -2.44. The van der Waals surface area contributed by atoms with Crippen LogP contribution in [-0.2, 0) is 4.79 Å². The number of carboxylic acid groups (broad SMARTS) is 1. The summed E-state index contributed by atoms with van der Waals surface area (Å²) in [5.41, 5.74) is 3.91. The molecule has 0 spiro atoms. The van der Waals surface area contributed by atoms with E-state index in [2.05, 4.69) is 20.9 Å². The number of ether oxygens (including phenoxy) is 3. The average Bonchev–Trinajstić information content (AvgIpc) is 3.35. The van der Waals surface area contributed by atoms with Gasteiger partial charge in [-0.15, -0.1) is 0 Å². The van der Waals surface area contributed by atoms with Gasteiger partial charge in [0.25, 0.3) is 5.91 Å². The monoisotopic (exact) mass is 508 g/mol. The van der Waals surface area contributed by atoms with Crippen molar-refractivity contribution in [1.29, 1.82) is 0 Å². The summed E-state index contributed by atoms with van der Waals surface area (Å²) in [5, 5.41) is 18.2. The highest BCUT2D eigenvalue weighted by Gasteiger charge is 2.37. The topological polar surface area (TPSA) is 134 Å². The van der Waals surface area contributed by atoms with Crippen molar-refractivity contribution in [3.8, 4) is 17.2 Å². The summed E-state index contributed by atoms with van der Waals surface area (Å²) >= 11 is 0. The van der Waals surface area contributed by atoms with Crippen molar-refractivity contribution in [2.24, 2.45) is 5.92 Å². The van der Waals surface area contributed by atoms with Crippen molar-refractivity contribution in [2.45, 2.75) is 63.6 Å². The summed E-state index contributed by atoms with van der Waals surface area (Å²) < 4.78 is 17.8. The van der Waals surface area contributed by atoms with E-state index in [-0.39, 0.29) is 30.8 Å². The number of nitrogens with one attached hydrogen (secondary N) is 4. The Bertz CT molecular complexity index is 1240. The van der Waals surface area contributed by atoms with Crippen LogP contribution in [0.5, 0.6) is 17.2 Å². The van der Waals surface area contributed by atoms with Gasteiger partial charge in [-0.1, -0.05) is 0 Å². The van der Waals surface area contributed by atoms with Gasteiger partial charge in [-0.3, -0.25) is 4.79 Å². The third-order valence-electron chi connectivity index (χ3n) is 7.69. The lowest BCUT2D eigenvalue weighted by atomic mass is 9.88. The number of H-pyrrole nitrogens is 1. The smallest absolute Gasteiger partial charge is 0.404 e. The summed E-state index contributed by atoms with van der Waals surface area (Å²) in [5.74, 6) is 2.57. The van der Waals surface area contributed by atoms with Gasteiger partial charge in [0.05, 0.1) is 29.5 Å². The molecule has 4 aliphatic rings. The zero-order valence-electron chi connectivity index (χ0n) is 20.8. The number of rotatable bonds is 7. The maximum Gasteiger partial charge on any atom is 0.404 e. The normalized spacial score (nSPS) is 24.2. The van der Waals surface area contributed by atoms with Crippen molar-refractivity contribution in [3.05, 3.63) is 46.9 Å². The van der Waals surface area contributed by atoms with E-state index in [4.69, 9.17) is 19.3 Å². The Morgan fingerprint density at radius 2 is 1.81 bits per heavy atom. The van der Waals surface area contributed by atoms with Crippen molar-refractivity contribution >= 4 is 17.6 Å². The molecule has 0 bridgehead atoms. The first-order chi connectivity index (χ1) is 18.0. The number of hydrogen-bond donors (Lipinski definition) is 5. The van der Waals surface area contributed by atoms with Crippen molar-refractivity contribution in [1.82, 2.24) is 20.9 Å². The van der Waals surface area contributed by atoms with Gasteiger partial charge in [-0.2, -0.15) is 0 Å². The summed E-state index contributed by atoms with van der Waals surface area (Å²) in [6, 6.07) is 5.47. The molecule has 3 heterocycles. The molecule has 10 nitrogen and oxygen atoms in total. The Kier molecular flexibility index (Phi) is 6.10. The number of allylic oxidation sites excluding steroid dienone is 1. The highest BCUT2D eigenvalue weighted by molar-refractivity contribution is 6.20. The minimum atomic E-state index is -1.00. The number of carbonyl (C=O) groups is 2. The highest BCUT2D eigenvalue weighted by atomic mass is 16.7. The Balaban J connectivity index is 1.24. The molecule has 0 saturated heterocycles. The first-order valence-electron chi connectivity index (χ1n) is 13.0. The van der Waals surface area contributed by atoms with Crippen LogP contribution in [0.2, 0.25) is 0 Å². The molecule has 1 atom stereocenters. The van der Waals surface area contributed by atoms with Crippen LogP contribution >= 0.6 is 0 Å². The van der Waals surface area contributed by atoms with Crippen LogP contribution in [0.4, 0.5) is 4.79 Å². The largest absolute Gasteiger partial charge is 0.493 e. The van der Waals surface area contributed by atoms with Crippen molar-refractivity contribution < 1.29 is 28.9 Å². The predicted octanol–water partition coefficient (Wildman–Crippen LogP) is 3.65. The zero-order chi connectivity index (χ0) is 25.5. The fourth-order valence-electron chi connectivity index (χ4n) is 5.59. The summed E-state index contributed by atoms with van der Waals surface area (Å²) in [6.07, 6.45) is 6.10. The molecule has 37 heavy (non-hydrogen) atoms. The van der Waals surface area contributed by atoms with E-state index in [9.17, 15) is 9.59 Å². The number of benzene rings is 1. The molecule has 1 aromatic carbocycles. The minimum absolute atomic E-state index is 0.00106. The van der Waals surface area contributed by atoms with Gasteiger partial charge in [0.15, 0.2) is 11.5 Å². The van der Waals surface area contributed by atoms with Crippen LogP contribution in [0.25, 0.3) is 5.57 Å². The number of hydrogen-bond acceptors (Lipinski definition) is 6. The van der Waals surface area contributed by atoms with Crippen molar-refractivity contribution in [2.75, 3.05) is 13.4 Å². The number of aromatic nitrogens is 1. The Labute approximate surface area is 214 Å². The van der Waals surface area contributed by atoms with E-state index in [1.165, 1.54) is 12.8 Å². The summed E-state index contributed by atoms with van der Waals surface area (Å²) in [6.45, 7) is 2.74. The molecule has 2 amide bonds. The van der Waals surface area contributed by atoms with Crippen molar-refractivity contribution in [3.63, 3.8) is 0 Å². The zero-order valence-corrected chi connectivity index (χ0v) is 20.8. The van der Waals surface area contributed by atoms with Gasteiger partial charge < -0.3 is 40.3 Å². The molecule has 10 heteroatoms. The lowest BCUT2D eigenvalue weighted by Gasteiger charge is -2.32. The van der Waals surface area contributed by atoms with Crippen LogP contribution in [0.1, 0.15) is 68.3 Å². The molecule has 2 aliphatic heterocycles. The molecular formula is C27H32N4O6. The van der Waals surface area contributed by atoms with Gasteiger partial charge in [0.2, 0.25) is 6.79 Å². The van der Waals surface area contributed by atoms with Gasteiger partial charge in [0, 0.05) is 29.5 Å². The van der Waals surface area contributed by atoms with E-state index in [1.54, 1.807) is 0 Å². The molecule has 2 saturated carbocycles. The fraction of sp³-hybridized carbons (Fsp3) is 0.481. The molecule has 0 radical (unpaired) electrons. The van der Waals surface area contributed by atoms with Crippen LogP contribution < -0.4 is 30.2 Å². The molecule has 2 aromatic rings. The maximum absolute atomic E-state index is 13.5. The molecule has 1 unspecified atom stereocenters. The van der Waals surface area contributed by atoms with E-state index >= 15 is 0 Å². The van der Waals surface area contributed by atoms with E-state index < -0.39 is 6.09 Å². The Morgan fingerprint density at radius 1 is 1.05 bits per heavy atom. The molecule has 2 aliphatic carbocycles. The lowest BCUT2D eigenvalue weighted by molar-refractivity contribution is -0.116. The fourth-order valence-corrected chi connectivity index (χ4v) is 5.59. The number of amides is 2. The highest BCUT2D eigenvalue weighted by Crippen LogP contribution is 2.48. The average molecular weight is 509 g/mol. The molecule has 196 valence electrons. The Morgan fingerprint density at radius 3 is 2.54 bits per heavy atom. The first kappa shape index (κ1) is 23.6. The third kappa shape index (κ3) is 4.68. The van der Waals surface area contributed by atoms with Gasteiger partial charge in [0.1, 0.15) is 5.75 Å². The molecule has 1 aromatic heterocycles. The first-order valence-corrected chi connectivity index (χ1v) is 13.0. The molecular weight excluding hydrogens is 476 g/mol. The second-order valence-corrected chi connectivity index (χ2v) is 10.3. The van der Waals surface area contributed by atoms with Crippen LogP contribution in [0.3, 0.4) is 0 Å².